The van der Waals surface area contributed by atoms with Crippen molar-refractivity contribution >= 4 is 17.8 Å². The lowest BCUT2D eigenvalue weighted by Gasteiger charge is -2.10. The van der Waals surface area contributed by atoms with E-state index in [1.54, 1.807) is 26.4 Å². The molecule has 0 aromatic heterocycles. The normalized spacial score (nSPS) is 15.1. The first kappa shape index (κ1) is 16.8. The molecular formula is C21H20O4. The number of carbonyl (C=O) groups is 1. The summed E-state index contributed by atoms with van der Waals surface area (Å²) in [4.78, 5) is 12.3. The molecule has 0 radical (unpaired) electrons. The van der Waals surface area contributed by atoms with E-state index in [9.17, 15) is 4.79 Å². The molecule has 2 aromatic carbocycles. The molecule has 1 heterocycles. The molecule has 0 fully saturated rings. The Kier molecular flexibility index (Phi) is 4.61. The summed E-state index contributed by atoms with van der Waals surface area (Å²) in [5.41, 5.74) is 4.38. The van der Waals surface area contributed by atoms with E-state index in [1.165, 1.54) is 5.56 Å². The molecule has 4 nitrogen and oxygen atoms in total. The smallest absolute Gasteiger partial charge is 0.343 e. The average Bonchev–Trinajstić information content (AvgIpc) is 2.95. The molecule has 0 unspecified atom stereocenters. The first-order valence-corrected chi connectivity index (χ1v) is 7.97. The van der Waals surface area contributed by atoms with Crippen LogP contribution in [0.2, 0.25) is 0 Å². The molecule has 2 aromatic rings. The van der Waals surface area contributed by atoms with Crippen molar-refractivity contribution in [2.24, 2.45) is 0 Å². The summed E-state index contributed by atoms with van der Waals surface area (Å²) in [6.45, 7) is 4.04. The monoisotopic (exact) mass is 336 g/mol. The molecule has 3 rings (SSSR count). The third-order valence-corrected chi connectivity index (χ3v) is 4.12. The van der Waals surface area contributed by atoms with Crippen LogP contribution in [0.3, 0.4) is 0 Å². The maximum atomic E-state index is 12.3. The average molecular weight is 336 g/mol. The maximum Gasteiger partial charge on any atom is 0.343 e. The highest BCUT2D eigenvalue weighted by Gasteiger charge is 2.23. The van der Waals surface area contributed by atoms with Crippen molar-refractivity contribution in [3.05, 3.63) is 70.3 Å². The van der Waals surface area contributed by atoms with Crippen LogP contribution in [-0.4, -0.2) is 20.2 Å². The third kappa shape index (κ3) is 3.29. The van der Waals surface area contributed by atoms with Gasteiger partial charge < -0.3 is 14.2 Å². The van der Waals surface area contributed by atoms with E-state index >= 15 is 0 Å². The first-order chi connectivity index (χ1) is 12.0. The Bertz CT molecular complexity index is 891. The van der Waals surface area contributed by atoms with E-state index in [0.717, 1.165) is 16.7 Å². The summed E-state index contributed by atoms with van der Waals surface area (Å²) >= 11 is 0. The summed E-state index contributed by atoms with van der Waals surface area (Å²) in [6, 6.07) is 11.6. The molecule has 25 heavy (non-hydrogen) atoms. The Labute approximate surface area is 147 Å². The van der Waals surface area contributed by atoms with Gasteiger partial charge in [-0.3, -0.25) is 0 Å². The highest BCUT2D eigenvalue weighted by molar-refractivity contribution is 6.05. The predicted molar refractivity (Wildman–Crippen MR) is 97.5 cm³/mol. The van der Waals surface area contributed by atoms with Crippen LogP contribution in [0.1, 0.15) is 22.3 Å². The van der Waals surface area contributed by atoms with Crippen molar-refractivity contribution in [2.45, 2.75) is 13.8 Å². The topological polar surface area (TPSA) is 44.8 Å². The Balaban J connectivity index is 2.02. The number of cyclic esters (lactones) is 1. The lowest BCUT2D eigenvalue weighted by atomic mass is 10.0. The Hall–Kier alpha value is -3.01. The van der Waals surface area contributed by atoms with E-state index in [2.05, 4.69) is 6.07 Å². The molecule has 0 saturated carbocycles. The van der Waals surface area contributed by atoms with Gasteiger partial charge in [0.2, 0.25) is 0 Å². The number of para-hydroxylation sites is 1. The second kappa shape index (κ2) is 6.85. The Morgan fingerprint density at radius 2 is 1.84 bits per heavy atom. The molecule has 1 aliphatic rings. The second-order valence-electron chi connectivity index (χ2n) is 5.90. The molecule has 0 amide bonds. The number of ether oxygens (including phenoxy) is 3. The zero-order valence-electron chi connectivity index (χ0n) is 14.8. The number of carbonyl (C=O) groups excluding carboxylic acids is 1. The van der Waals surface area contributed by atoms with Crippen molar-refractivity contribution in [3.8, 4) is 11.5 Å². The zero-order chi connectivity index (χ0) is 18.0. The van der Waals surface area contributed by atoms with Gasteiger partial charge in [0.15, 0.2) is 11.5 Å². The van der Waals surface area contributed by atoms with Crippen molar-refractivity contribution in [1.82, 2.24) is 0 Å². The summed E-state index contributed by atoms with van der Waals surface area (Å²) in [5.74, 6) is 1.39. The molecule has 0 saturated heterocycles. The van der Waals surface area contributed by atoms with Crippen LogP contribution in [0.15, 0.2) is 48.0 Å². The van der Waals surface area contributed by atoms with Crippen LogP contribution in [0.5, 0.6) is 11.5 Å². The van der Waals surface area contributed by atoms with Gasteiger partial charge in [-0.15, -0.1) is 0 Å². The summed E-state index contributed by atoms with van der Waals surface area (Å²) in [5, 5.41) is 0. The quantitative estimate of drug-likeness (QED) is 0.617. The highest BCUT2D eigenvalue weighted by atomic mass is 16.5. The SMILES string of the molecule is COc1cccc(/C=C2\C=C(c3ccc(C)cc3C)OC2=O)c1OC. The van der Waals surface area contributed by atoms with Gasteiger partial charge in [-0.1, -0.05) is 35.9 Å². The van der Waals surface area contributed by atoms with Crippen molar-refractivity contribution < 1.29 is 19.0 Å². The maximum absolute atomic E-state index is 12.3. The largest absolute Gasteiger partial charge is 0.493 e. The molecule has 0 spiro atoms. The van der Waals surface area contributed by atoms with E-state index in [1.807, 2.05) is 44.2 Å². The van der Waals surface area contributed by atoms with Gasteiger partial charge in [0.25, 0.3) is 0 Å². The molecule has 0 atom stereocenters. The molecule has 0 N–H and O–H groups in total. The van der Waals surface area contributed by atoms with Crippen LogP contribution < -0.4 is 9.47 Å². The molecule has 0 bridgehead atoms. The van der Waals surface area contributed by atoms with Gasteiger partial charge in [0.05, 0.1) is 19.8 Å². The van der Waals surface area contributed by atoms with Crippen LogP contribution in [0.25, 0.3) is 11.8 Å². The number of hydrogen-bond donors (Lipinski definition) is 0. The summed E-state index contributed by atoms with van der Waals surface area (Å²) < 4.78 is 16.2. The van der Waals surface area contributed by atoms with E-state index in [-0.39, 0.29) is 5.97 Å². The Morgan fingerprint density at radius 3 is 2.52 bits per heavy atom. The lowest BCUT2D eigenvalue weighted by molar-refractivity contribution is -0.130. The zero-order valence-corrected chi connectivity index (χ0v) is 14.8. The fraction of sp³-hybridized carbons (Fsp3) is 0.190. The van der Waals surface area contributed by atoms with Crippen molar-refractivity contribution in [1.29, 1.82) is 0 Å². The third-order valence-electron chi connectivity index (χ3n) is 4.12. The Morgan fingerprint density at radius 1 is 1.04 bits per heavy atom. The molecule has 0 aliphatic carbocycles. The van der Waals surface area contributed by atoms with Gasteiger partial charge in [0, 0.05) is 11.1 Å². The fourth-order valence-electron chi connectivity index (χ4n) is 2.90. The molecule has 1 aliphatic heterocycles. The fourth-order valence-corrected chi connectivity index (χ4v) is 2.90. The van der Waals surface area contributed by atoms with Gasteiger partial charge in [-0.25, -0.2) is 4.79 Å². The van der Waals surface area contributed by atoms with Gasteiger partial charge in [0.1, 0.15) is 5.76 Å². The van der Waals surface area contributed by atoms with Gasteiger partial charge in [-0.05, 0) is 37.6 Å². The summed E-state index contributed by atoms with van der Waals surface area (Å²) in [7, 11) is 3.15. The number of esters is 1. The van der Waals surface area contributed by atoms with Crippen molar-refractivity contribution in [3.63, 3.8) is 0 Å². The lowest BCUT2D eigenvalue weighted by Crippen LogP contribution is -1.99. The number of methoxy groups -OCH3 is 2. The predicted octanol–water partition coefficient (Wildman–Crippen LogP) is 4.30. The number of rotatable bonds is 4. The minimum Gasteiger partial charge on any atom is -0.493 e. The molecule has 4 heteroatoms. The number of benzene rings is 2. The first-order valence-electron chi connectivity index (χ1n) is 7.97. The summed E-state index contributed by atoms with van der Waals surface area (Å²) in [6.07, 6.45) is 3.51. The second-order valence-corrected chi connectivity index (χ2v) is 5.90. The van der Waals surface area contributed by atoms with E-state index in [4.69, 9.17) is 14.2 Å². The molecular weight excluding hydrogens is 316 g/mol. The van der Waals surface area contributed by atoms with Gasteiger partial charge >= 0.3 is 5.97 Å². The minimum atomic E-state index is -0.375. The van der Waals surface area contributed by atoms with E-state index < -0.39 is 0 Å². The van der Waals surface area contributed by atoms with Crippen LogP contribution >= 0.6 is 0 Å². The van der Waals surface area contributed by atoms with E-state index in [0.29, 0.717) is 22.8 Å². The van der Waals surface area contributed by atoms with Crippen LogP contribution in [0.4, 0.5) is 0 Å². The van der Waals surface area contributed by atoms with Crippen molar-refractivity contribution in [2.75, 3.05) is 14.2 Å². The van der Waals surface area contributed by atoms with Crippen LogP contribution in [-0.2, 0) is 9.53 Å². The molecule has 128 valence electrons. The number of aryl methyl sites for hydroxylation is 2. The minimum absolute atomic E-state index is 0.375. The van der Waals surface area contributed by atoms with Crippen LogP contribution in [0, 0.1) is 13.8 Å². The highest BCUT2D eigenvalue weighted by Crippen LogP contribution is 2.35. The van der Waals surface area contributed by atoms with Gasteiger partial charge in [-0.2, -0.15) is 0 Å². The number of hydrogen-bond acceptors (Lipinski definition) is 4. The standard InChI is InChI=1S/C21H20O4/c1-13-8-9-17(14(2)10-13)19-12-16(21(22)25-19)11-15-6-5-7-18(23-3)20(15)24-4/h5-12H,1-4H3/b16-11+.